The van der Waals surface area contributed by atoms with Crippen molar-refractivity contribution in [3.05, 3.63) is 0 Å². The molecule has 2 atom stereocenters. The summed E-state index contributed by atoms with van der Waals surface area (Å²) in [6.45, 7) is 2.56. The monoisotopic (exact) mass is 128 g/mol. The van der Waals surface area contributed by atoms with E-state index in [4.69, 9.17) is 15.9 Å². The molecule has 0 aromatic rings. The molecule has 52 valence electrons. The van der Waals surface area contributed by atoms with Crippen molar-refractivity contribution in [1.29, 1.82) is 5.41 Å². The van der Waals surface area contributed by atoms with Crippen molar-refractivity contribution in [2.24, 2.45) is 5.73 Å². The summed E-state index contributed by atoms with van der Waals surface area (Å²) in [5.41, 5.74) is 6.09. The van der Waals surface area contributed by atoms with E-state index in [0.29, 0.717) is 12.3 Å². The van der Waals surface area contributed by atoms with Crippen LogP contribution in [0.2, 0.25) is 0 Å². The van der Waals surface area contributed by atoms with Gasteiger partial charge in [0.15, 0.2) is 0 Å². The predicted molar refractivity (Wildman–Crippen MR) is 35.7 cm³/mol. The van der Waals surface area contributed by atoms with Gasteiger partial charge >= 0.3 is 0 Å². The minimum atomic E-state index is -0.0613. The van der Waals surface area contributed by atoms with Gasteiger partial charge in [-0.15, -0.1) is 0 Å². The van der Waals surface area contributed by atoms with Gasteiger partial charge in [-0.2, -0.15) is 0 Å². The van der Waals surface area contributed by atoms with Crippen molar-refractivity contribution in [1.82, 2.24) is 0 Å². The van der Waals surface area contributed by atoms with Crippen molar-refractivity contribution in [2.75, 3.05) is 6.61 Å². The highest BCUT2D eigenvalue weighted by Gasteiger charge is 2.21. The largest absolute Gasteiger partial charge is 0.372 e. The van der Waals surface area contributed by atoms with Crippen LogP contribution in [0.15, 0.2) is 0 Å². The molecule has 1 fully saturated rings. The highest BCUT2D eigenvalue weighted by molar-refractivity contribution is 5.90. The molecule has 0 saturated carbocycles. The normalized spacial score (nSPS) is 36.9. The predicted octanol–water partition coefficient (Wildman–Crippen LogP) is 0.142. The summed E-state index contributed by atoms with van der Waals surface area (Å²) >= 11 is 0. The topological polar surface area (TPSA) is 59.1 Å². The number of nitrogens with two attached hydrogens (primary N) is 1. The fraction of sp³-hybridized carbons (Fsp3) is 0.833. The van der Waals surface area contributed by atoms with Crippen LogP contribution in [0, 0.1) is 5.41 Å². The van der Waals surface area contributed by atoms with Gasteiger partial charge in [0, 0.05) is 12.6 Å². The van der Waals surface area contributed by atoms with Gasteiger partial charge in [0.05, 0.1) is 11.8 Å². The molecule has 3 nitrogen and oxygen atoms in total. The fourth-order valence-corrected chi connectivity index (χ4v) is 0.919. The Morgan fingerprint density at radius 1 is 1.78 bits per heavy atom. The smallest absolute Gasteiger partial charge is 0.0936 e. The molecule has 1 aliphatic heterocycles. The van der Waals surface area contributed by atoms with Crippen LogP contribution in [0.5, 0.6) is 0 Å². The summed E-state index contributed by atoms with van der Waals surface area (Å²) in [6, 6.07) is -0.0613. The van der Waals surface area contributed by atoms with E-state index in [1.54, 1.807) is 0 Å². The lowest BCUT2D eigenvalue weighted by molar-refractivity contribution is 0.0873. The second-order valence-electron chi connectivity index (χ2n) is 2.36. The number of rotatable bonds is 0. The van der Waals surface area contributed by atoms with Gasteiger partial charge in [0.1, 0.15) is 0 Å². The van der Waals surface area contributed by atoms with E-state index in [-0.39, 0.29) is 12.1 Å². The molecule has 1 rings (SSSR count). The fourth-order valence-electron chi connectivity index (χ4n) is 0.919. The summed E-state index contributed by atoms with van der Waals surface area (Å²) in [6.07, 6.45) is 0.733. The van der Waals surface area contributed by atoms with Crippen molar-refractivity contribution in [3.63, 3.8) is 0 Å². The molecular weight excluding hydrogens is 116 g/mol. The molecule has 0 aliphatic carbocycles. The Hall–Kier alpha value is -0.410. The van der Waals surface area contributed by atoms with Crippen LogP contribution in [-0.4, -0.2) is 24.5 Å². The quantitative estimate of drug-likeness (QED) is 0.487. The molecule has 0 radical (unpaired) electrons. The first-order valence-corrected chi connectivity index (χ1v) is 3.17. The minimum absolute atomic E-state index is 0.0613. The molecule has 1 heterocycles. The van der Waals surface area contributed by atoms with Crippen LogP contribution in [0.25, 0.3) is 0 Å². The summed E-state index contributed by atoms with van der Waals surface area (Å²) < 4.78 is 5.16. The Labute approximate surface area is 54.7 Å². The van der Waals surface area contributed by atoms with E-state index in [2.05, 4.69) is 0 Å². The number of hydrogen-bond donors (Lipinski definition) is 2. The maximum absolute atomic E-state index is 7.35. The third kappa shape index (κ3) is 1.28. The summed E-state index contributed by atoms with van der Waals surface area (Å²) in [5, 5.41) is 7.35. The second kappa shape index (κ2) is 2.45. The van der Waals surface area contributed by atoms with E-state index < -0.39 is 0 Å². The average molecular weight is 128 g/mol. The van der Waals surface area contributed by atoms with E-state index in [1.807, 2.05) is 6.92 Å². The summed E-state index contributed by atoms with van der Waals surface area (Å²) in [7, 11) is 0. The van der Waals surface area contributed by atoms with Gasteiger partial charge < -0.3 is 15.9 Å². The lowest BCUT2D eigenvalue weighted by Gasteiger charge is -2.25. The van der Waals surface area contributed by atoms with Crippen LogP contribution >= 0.6 is 0 Å². The Balaban J connectivity index is 2.52. The van der Waals surface area contributed by atoms with Gasteiger partial charge in [-0.05, 0) is 13.3 Å². The lowest BCUT2D eigenvalue weighted by Crippen LogP contribution is -2.43. The molecule has 1 aliphatic rings. The highest BCUT2D eigenvalue weighted by Crippen LogP contribution is 2.07. The zero-order chi connectivity index (χ0) is 6.85. The van der Waals surface area contributed by atoms with Crippen LogP contribution in [0.3, 0.4) is 0 Å². The van der Waals surface area contributed by atoms with Crippen molar-refractivity contribution in [2.45, 2.75) is 25.5 Å². The molecule has 0 aromatic carbocycles. The molecule has 0 aromatic heterocycles. The van der Waals surface area contributed by atoms with Crippen LogP contribution in [0.4, 0.5) is 0 Å². The van der Waals surface area contributed by atoms with Crippen molar-refractivity contribution < 1.29 is 4.74 Å². The van der Waals surface area contributed by atoms with E-state index in [9.17, 15) is 0 Å². The first-order valence-electron chi connectivity index (χ1n) is 3.17. The molecule has 0 amide bonds. The number of ether oxygens (including phenoxy) is 1. The summed E-state index contributed by atoms with van der Waals surface area (Å²) in [5.74, 6) is 0. The SMILES string of the molecule is CC1OCCC(N)C1=N. The number of nitrogens with one attached hydrogen (secondary N) is 1. The lowest BCUT2D eigenvalue weighted by atomic mass is 10.0. The Morgan fingerprint density at radius 2 is 2.44 bits per heavy atom. The molecule has 0 bridgehead atoms. The van der Waals surface area contributed by atoms with Crippen molar-refractivity contribution >= 4 is 5.71 Å². The standard InChI is InChI=1S/C6H12N2O/c1-4-6(8)5(7)2-3-9-4/h4-5,8H,2-3,7H2,1H3. The Morgan fingerprint density at radius 3 is 2.89 bits per heavy atom. The molecule has 3 N–H and O–H groups in total. The molecule has 9 heavy (non-hydrogen) atoms. The molecule has 1 saturated heterocycles. The Bertz CT molecular complexity index is 112. The zero-order valence-corrected chi connectivity index (χ0v) is 5.55. The van der Waals surface area contributed by atoms with Gasteiger partial charge in [0.2, 0.25) is 0 Å². The van der Waals surface area contributed by atoms with Gasteiger partial charge in [0.25, 0.3) is 0 Å². The highest BCUT2D eigenvalue weighted by atomic mass is 16.5. The maximum atomic E-state index is 7.35. The average Bonchev–Trinajstić information content (AvgIpc) is 1.83. The second-order valence-corrected chi connectivity index (χ2v) is 2.36. The van der Waals surface area contributed by atoms with E-state index in [1.165, 1.54) is 0 Å². The van der Waals surface area contributed by atoms with Gasteiger partial charge in [-0.3, -0.25) is 0 Å². The van der Waals surface area contributed by atoms with Crippen LogP contribution < -0.4 is 5.73 Å². The molecule has 2 unspecified atom stereocenters. The van der Waals surface area contributed by atoms with E-state index in [0.717, 1.165) is 6.42 Å². The first-order chi connectivity index (χ1) is 4.22. The van der Waals surface area contributed by atoms with Crippen LogP contribution in [0.1, 0.15) is 13.3 Å². The molecular formula is C6H12N2O. The third-order valence-electron chi connectivity index (χ3n) is 1.63. The van der Waals surface area contributed by atoms with Crippen LogP contribution in [-0.2, 0) is 4.74 Å². The molecule has 0 spiro atoms. The third-order valence-corrected chi connectivity index (χ3v) is 1.63. The minimum Gasteiger partial charge on any atom is -0.372 e. The maximum Gasteiger partial charge on any atom is 0.0936 e. The Kier molecular flexibility index (Phi) is 1.83. The first kappa shape index (κ1) is 6.71. The van der Waals surface area contributed by atoms with Gasteiger partial charge in [-0.1, -0.05) is 0 Å². The van der Waals surface area contributed by atoms with Gasteiger partial charge in [-0.25, -0.2) is 0 Å². The zero-order valence-electron chi connectivity index (χ0n) is 5.55. The number of hydrogen-bond acceptors (Lipinski definition) is 3. The van der Waals surface area contributed by atoms with E-state index >= 15 is 0 Å². The molecule has 3 heteroatoms. The summed E-state index contributed by atoms with van der Waals surface area (Å²) in [4.78, 5) is 0. The van der Waals surface area contributed by atoms with Crippen molar-refractivity contribution in [3.8, 4) is 0 Å².